The van der Waals surface area contributed by atoms with Gasteiger partial charge in [-0.1, -0.05) is 13.8 Å². The minimum Gasteiger partial charge on any atom is -0.385 e. The molecule has 1 aliphatic rings. The summed E-state index contributed by atoms with van der Waals surface area (Å²) >= 11 is 0. The third-order valence-electron chi connectivity index (χ3n) is 3.69. The number of aryl methyl sites for hydroxylation is 1. The zero-order valence-electron chi connectivity index (χ0n) is 10.5. The van der Waals surface area contributed by atoms with E-state index < -0.39 is 0 Å². The zero-order valence-corrected chi connectivity index (χ0v) is 10.5. The Kier molecular flexibility index (Phi) is 3.64. The van der Waals surface area contributed by atoms with Crippen LogP contribution in [0.15, 0.2) is 0 Å². The topological polar surface area (TPSA) is 37.9 Å². The van der Waals surface area contributed by atoms with Gasteiger partial charge < -0.3 is 9.72 Å². The molecule has 0 aromatic carbocycles. The second kappa shape index (κ2) is 5.00. The molecule has 0 aliphatic heterocycles. The third-order valence-corrected chi connectivity index (χ3v) is 3.69. The molecule has 2 atom stereocenters. The lowest BCUT2D eigenvalue weighted by Crippen LogP contribution is -2.20. The highest BCUT2D eigenvalue weighted by Gasteiger charge is 2.24. The molecule has 0 fully saturated rings. The molecule has 16 heavy (non-hydrogen) atoms. The van der Waals surface area contributed by atoms with Crippen LogP contribution in [-0.2, 0) is 24.0 Å². The van der Waals surface area contributed by atoms with E-state index in [9.17, 15) is 0 Å². The first-order valence-corrected chi connectivity index (χ1v) is 6.26. The summed E-state index contributed by atoms with van der Waals surface area (Å²) in [6.45, 7) is 5.48. The molecule has 1 N–H and O–H groups in total. The van der Waals surface area contributed by atoms with Gasteiger partial charge in [0, 0.05) is 25.8 Å². The van der Waals surface area contributed by atoms with Gasteiger partial charge >= 0.3 is 0 Å². The number of hydrogen-bond acceptors (Lipinski definition) is 2. The molecule has 0 bridgehead atoms. The van der Waals surface area contributed by atoms with E-state index in [1.54, 1.807) is 7.11 Å². The summed E-state index contributed by atoms with van der Waals surface area (Å²) in [7, 11) is 1.75. The van der Waals surface area contributed by atoms with Crippen molar-refractivity contribution in [2.75, 3.05) is 13.7 Å². The lowest BCUT2D eigenvalue weighted by Gasteiger charge is -2.24. The largest absolute Gasteiger partial charge is 0.385 e. The highest BCUT2D eigenvalue weighted by Crippen LogP contribution is 2.28. The first kappa shape index (κ1) is 11.6. The Hall–Kier alpha value is -0.830. The smallest absolute Gasteiger partial charge is 0.106 e. The Labute approximate surface area is 97.6 Å². The summed E-state index contributed by atoms with van der Waals surface area (Å²) in [5.74, 6) is 2.69. The van der Waals surface area contributed by atoms with E-state index in [1.807, 2.05) is 0 Å². The van der Waals surface area contributed by atoms with Gasteiger partial charge in [-0.3, -0.25) is 0 Å². The highest BCUT2D eigenvalue weighted by atomic mass is 16.5. The maximum Gasteiger partial charge on any atom is 0.106 e. The lowest BCUT2D eigenvalue weighted by atomic mass is 9.82. The fourth-order valence-corrected chi connectivity index (χ4v) is 2.37. The Morgan fingerprint density at radius 3 is 2.81 bits per heavy atom. The van der Waals surface area contributed by atoms with Crippen molar-refractivity contribution in [1.82, 2.24) is 9.97 Å². The van der Waals surface area contributed by atoms with E-state index in [4.69, 9.17) is 9.72 Å². The van der Waals surface area contributed by atoms with Crippen molar-refractivity contribution >= 4 is 0 Å². The molecule has 0 radical (unpaired) electrons. The van der Waals surface area contributed by atoms with Crippen LogP contribution in [0, 0.1) is 11.8 Å². The second-order valence-electron chi connectivity index (χ2n) is 5.07. The minimum atomic E-state index is 0.766. The molecule has 1 aromatic heterocycles. The highest BCUT2D eigenvalue weighted by molar-refractivity contribution is 5.19. The first-order chi connectivity index (χ1) is 7.70. The van der Waals surface area contributed by atoms with Crippen LogP contribution in [0.3, 0.4) is 0 Å². The molecule has 1 aliphatic carbocycles. The van der Waals surface area contributed by atoms with Crippen LogP contribution in [0.5, 0.6) is 0 Å². The van der Waals surface area contributed by atoms with Crippen molar-refractivity contribution in [2.24, 2.45) is 11.8 Å². The number of H-pyrrole nitrogens is 1. The average molecular weight is 222 g/mol. The van der Waals surface area contributed by atoms with E-state index in [0.29, 0.717) is 0 Å². The van der Waals surface area contributed by atoms with E-state index in [0.717, 1.165) is 50.0 Å². The van der Waals surface area contributed by atoms with Gasteiger partial charge in [-0.05, 0) is 31.1 Å². The van der Waals surface area contributed by atoms with E-state index in [2.05, 4.69) is 18.8 Å². The predicted molar refractivity (Wildman–Crippen MR) is 64.5 cm³/mol. The number of aromatic amines is 1. The number of rotatable bonds is 4. The van der Waals surface area contributed by atoms with Crippen LogP contribution >= 0.6 is 0 Å². The summed E-state index contributed by atoms with van der Waals surface area (Å²) in [5.41, 5.74) is 2.68. The van der Waals surface area contributed by atoms with Crippen LogP contribution in [0.2, 0.25) is 0 Å². The number of fused-ring (bicyclic) bond motifs is 1. The molecule has 1 aromatic rings. The molecule has 1 heterocycles. The van der Waals surface area contributed by atoms with E-state index in [1.165, 1.54) is 11.4 Å². The van der Waals surface area contributed by atoms with Crippen molar-refractivity contribution in [3.8, 4) is 0 Å². The summed E-state index contributed by atoms with van der Waals surface area (Å²) in [6, 6.07) is 0. The second-order valence-corrected chi connectivity index (χ2v) is 5.07. The fourth-order valence-electron chi connectivity index (χ4n) is 2.37. The van der Waals surface area contributed by atoms with E-state index >= 15 is 0 Å². The summed E-state index contributed by atoms with van der Waals surface area (Å²) < 4.78 is 5.06. The normalized spacial score (nSPS) is 24.4. The number of ether oxygens (including phenoxy) is 1. The van der Waals surface area contributed by atoms with Crippen LogP contribution in [0.4, 0.5) is 0 Å². The fraction of sp³-hybridized carbons (Fsp3) is 0.769. The first-order valence-electron chi connectivity index (χ1n) is 6.26. The van der Waals surface area contributed by atoms with Gasteiger partial charge in [-0.25, -0.2) is 4.98 Å². The monoisotopic (exact) mass is 222 g/mol. The van der Waals surface area contributed by atoms with Crippen molar-refractivity contribution in [3.05, 3.63) is 17.2 Å². The van der Waals surface area contributed by atoms with E-state index in [-0.39, 0.29) is 0 Å². The number of imidazole rings is 1. The van der Waals surface area contributed by atoms with Crippen molar-refractivity contribution < 1.29 is 4.74 Å². The molecular formula is C13H22N2O. The number of hydrogen-bond donors (Lipinski definition) is 1. The Bertz CT molecular complexity index is 318. The molecule has 0 saturated heterocycles. The Morgan fingerprint density at radius 1 is 1.31 bits per heavy atom. The van der Waals surface area contributed by atoms with Crippen molar-refractivity contribution in [2.45, 2.75) is 39.5 Å². The SMILES string of the molecule is COCCCc1nc2c([nH]1)CC(C)C(C)C2. The van der Waals surface area contributed by atoms with Gasteiger partial charge in [-0.2, -0.15) is 0 Å². The Morgan fingerprint density at radius 2 is 2.06 bits per heavy atom. The van der Waals surface area contributed by atoms with Crippen LogP contribution in [0.25, 0.3) is 0 Å². The maximum atomic E-state index is 5.06. The van der Waals surface area contributed by atoms with Crippen LogP contribution < -0.4 is 0 Å². The average Bonchev–Trinajstić information content (AvgIpc) is 2.61. The molecule has 2 unspecified atom stereocenters. The molecule has 0 amide bonds. The van der Waals surface area contributed by atoms with Gasteiger partial charge in [0.1, 0.15) is 5.82 Å². The van der Waals surface area contributed by atoms with Crippen LogP contribution in [0.1, 0.15) is 37.5 Å². The molecule has 90 valence electrons. The predicted octanol–water partition coefficient (Wildman–Crippen LogP) is 2.36. The van der Waals surface area contributed by atoms with Gasteiger partial charge in [0.05, 0.1) is 5.69 Å². The maximum absolute atomic E-state index is 5.06. The van der Waals surface area contributed by atoms with Gasteiger partial charge in [0.25, 0.3) is 0 Å². The summed E-state index contributed by atoms with van der Waals surface area (Å²) in [5, 5.41) is 0. The van der Waals surface area contributed by atoms with Gasteiger partial charge in [-0.15, -0.1) is 0 Å². The summed E-state index contributed by atoms with van der Waals surface area (Å²) in [4.78, 5) is 8.17. The number of aromatic nitrogens is 2. The van der Waals surface area contributed by atoms with Crippen molar-refractivity contribution in [1.29, 1.82) is 0 Å². The summed E-state index contributed by atoms with van der Waals surface area (Å²) in [6.07, 6.45) is 4.35. The zero-order chi connectivity index (χ0) is 11.5. The lowest BCUT2D eigenvalue weighted by molar-refractivity contribution is 0.194. The quantitative estimate of drug-likeness (QED) is 0.794. The van der Waals surface area contributed by atoms with Gasteiger partial charge in [0.15, 0.2) is 0 Å². The van der Waals surface area contributed by atoms with Crippen molar-refractivity contribution in [3.63, 3.8) is 0 Å². The molecular weight excluding hydrogens is 200 g/mol. The molecule has 3 heteroatoms. The third kappa shape index (κ3) is 2.46. The minimum absolute atomic E-state index is 0.766. The molecule has 0 spiro atoms. The van der Waals surface area contributed by atoms with Crippen LogP contribution in [-0.4, -0.2) is 23.7 Å². The Balaban J connectivity index is 2.01. The standard InChI is InChI=1S/C13H22N2O/c1-9-7-11-12(8-10(9)2)15-13(14-11)5-4-6-16-3/h9-10H,4-8H2,1-3H3,(H,14,15). The number of methoxy groups -OCH3 is 1. The number of nitrogens with one attached hydrogen (secondary N) is 1. The van der Waals surface area contributed by atoms with Gasteiger partial charge in [0.2, 0.25) is 0 Å². The molecule has 0 saturated carbocycles. The number of nitrogens with zero attached hydrogens (tertiary/aromatic N) is 1. The molecule has 2 rings (SSSR count). The molecule has 3 nitrogen and oxygen atoms in total.